The molecule has 0 bridgehead atoms. The van der Waals surface area contributed by atoms with Gasteiger partial charge in [0.2, 0.25) is 0 Å². The van der Waals surface area contributed by atoms with Crippen molar-refractivity contribution in [3.05, 3.63) is 0 Å². The first-order valence-electron chi connectivity index (χ1n) is 3.55. The third-order valence-corrected chi connectivity index (χ3v) is 4.06. The van der Waals surface area contributed by atoms with Crippen LogP contribution in [0.1, 0.15) is 32.1 Å². The molecule has 2 nitrogen and oxygen atoms in total. The maximum Gasteiger partial charge on any atom is 1.00 e. The molecule has 0 atom stereocenters. The minimum absolute atomic E-state index is 0. The van der Waals surface area contributed by atoms with Gasteiger partial charge in [-0.2, -0.15) is 0 Å². The van der Waals surface area contributed by atoms with Crippen LogP contribution in [0.3, 0.4) is 0 Å². The van der Waals surface area contributed by atoms with Crippen LogP contribution in [-0.4, -0.2) is 13.7 Å². The molecule has 0 aromatic carbocycles. The summed E-state index contributed by atoms with van der Waals surface area (Å²) in [5.74, 6) is 0. The van der Waals surface area contributed by atoms with Crippen molar-refractivity contribution in [3.8, 4) is 0 Å². The van der Waals surface area contributed by atoms with E-state index in [9.17, 15) is 8.42 Å². The van der Waals surface area contributed by atoms with Crippen LogP contribution in [0.4, 0.5) is 0 Å². The predicted octanol–water partition coefficient (Wildman–Crippen LogP) is -1.80. The molecule has 0 N–H and O–H groups in total. The van der Waals surface area contributed by atoms with Crippen molar-refractivity contribution >= 4 is 20.5 Å². The normalized spacial score (nSPS) is 20.8. The van der Waals surface area contributed by atoms with E-state index in [0.29, 0.717) is 0 Å². The van der Waals surface area contributed by atoms with Gasteiger partial charge in [0, 0.05) is 14.1 Å². The standard InChI is InChI=1S/C6H12O2S2.Na/c7-10(8,9)6-4-2-1-3-5-6;/h6H,1-5H2,(H,7,8,9);/q;+1/p-1. The molecule has 1 rings (SSSR count). The second-order valence-corrected chi connectivity index (χ2v) is 5.80. The molecular weight excluding hydrogens is 191 g/mol. The van der Waals surface area contributed by atoms with E-state index in [2.05, 4.69) is 11.7 Å². The third kappa shape index (κ3) is 4.18. The van der Waals surface area contributed by atoms with E-state index in [-0.39, 0.29) is 34.8 Å². The molecule has 1 aliphatic rings. The Morgan fingerprint density at radius 3 is 1.82 bits per heavy atom. The molecule has 11 heavy (non-hydrogen) atoms. The van der Waals surface area contributed by atoms with Gasteiger partial charge in [0.15, 0.2) is 0 Å². The fourth-order valence-electron chi connectivity index (χ4n) is 1.35. The zero-order valence-electron chi connectivity index (χ0n) is 6.75. The van der Waals surface area contributed by atoms with E-state index < -0.39 is 8.87 Å². The van der Waals surface area contributed by atoms with E-state index >= 15 is 0 Å². The minimum atomic E-state index is -3.14. The van der Waals surface area contributed by atoms with Crippen molar-refractivity contribution in [2.75, 3.05) is 0 Å². The van der Waals surface area contributed by atoms with Crippen molar-refractivity contribution in [3.63, 3.8) is 0 Å². The van der Waals surface area contributed by atoms with Gasteiger partial charge in [0.25, 0.3) is 0 Å². The zero-order chi connectivity index (χ0) is 7.61. The summed E-state index contributed by atoms with van der Waals surface area (Å²) < 4.78 is 21.6. The molecule has 0 heterocycles. The van der Waals surface area contributed by atoms with E-state index in [1.807, 2.05) is 0 Å². The SMILES string of the molecule is O=S(=O)([S-])C1CCCCC1.[Na+]. The largest absolute Gasteiger partial charge is 1.00 e. The maximum absolute atomic E-state index is 10.8. The Labute approximate surface area is 95.2 Å². The molecule has 1 fully saturated rings. The van der Waals surface area contributed by atoms with Crippen molar-refractivity contribution in [2.24, 2.45) is 0 Å². The van der Waals surface area contributed by atoms with Gasteiger partial charge in [-0.05, 0) is 12.8 Å². The molecule has 0 aromatic heterocycles. The average molecular weight is 202 g/mol. The van der Waals surface area contributed by atoms with Gasteiger partial charge in [-0.25, -0.2) is 0 Å². The average Bonchev–Trinajstić information content (AvgIpc) is 1.88. The van der Waals surface area contributed by atoms with Crippen molar-refractivity contribution in [1.82, 2.24) is 0 Å². The molecule has 1 saturated carbocycles. The number of hydrogen-bond acceptors (Lipinski definition) is 3. The number of rotatable bonds is 1. The fourth-order valence-corrected chi connectivity index (χ4v) is 2.84. The summed E-state index contributed by atoms with van der Waals surface area (Å²) in [7, 11) is -3.14. The second-order valence-electron chi connectivity index (χ2n) is 2.75. The Kier molecular flexibility index (Phi) is 5.73. The van der Waals surface area contributed by atoms with Gasteiger partial charge in [-0.3, -0.25) is 8.42 Å². The summed E-state index contributed by atoms with van der Waals surface area (Å²) >= 11 is 4.38. The van der Waals surface area contributed by atoms with Crippen molar-refractivity contribution in [1.29, 1.82) is 0 Å². The van der Waals surface area contributed by atoms with E-state index in [1.165, 1.54) is 6.42 Å². The quantitative estimate of drug-likeness (QED) is 0.286. The molecular formula is C6H11NaO2S2. The van der Waals surface area contributed by atoms with Crippen LogP contribution >= 0.6 is 0 Å². The fraction of sp³-hybridized carbons (Fsp3) is 1.00. The summed E-state index contributed by atoms with van der Waals surface area (Å²) in [6.45, 7) is 0. The Balaban J connectivity index is 0.000001000. The van der Waals surface area contributed by atoms with E-state index in [0.717, 1.165) is 25.7 Å². The number of hydrogen-bond donors (Lipinski definition) is 0. The molecule has 60 valence electrons. The van der Waals surface area contributed by atoms with Crippen LogP contribution in [-0.2, 0) is 20.5 Å². The second kappa shape index (κ2) is 5.12. The van der Waals surface area contributed by atoms with Crippen molar-refractivity contribution < 1.29 is 38.0 Å². The van der Waals surface area contributed by atoms with Crippen LogP contribution in [0.2, 0.25) is 0 Å². The summed E-state index contributed by atoms with van der Waals surface area (Å²) in [6, 6.07) is 0. The van der Waals surface area contributed by atoms with Gasteiger partial charge in [0.1, 0.15) is 0 Å². The summed E-state index contributed by atoms with van der Waals surface area (Å²) in [5, 5.41) is -0.212. The van der Waals surface area contributed by atoms with E-state index in [1.54, 1.807) is 0 Å². The Morgan fingerprint density at radius 1 is 1.09 bits per heavy atom. The van der Waals surface area contributed by atoms with E-state index in [4.69, 9.17) is 0 Å². The molecule has 5 heteroatoms. The van der Waals surface area contributed by atoms with Crippen LogP contribution < -0.4 is 29.6 Å². The van der Waals surface area contributed by atoms with Gasteiger partial charge in [-0.15, -0.1) is 0 Å². The molecule has 0 amide bonds. The molecule has 0 aromatic rings. The van der Waals surface area contributed by atoms with Crippen LogP contribution in [0.5, 0.6) is 0 Å². The summed E-state index contributed by atoms with van der Waals surface area (Å²) in [5.41, 5.74) is 0. The van der Waals surface area contributed by atoms with Crippen LogP contribution in [0.15, 0.2) is 0 Å². The smallest absolute Gasteiger partial charge is 0.649 e. The topological polar surface area (TPSA) is 34.1 Å². The van der Waals surface area contributed by atoms with Gasteiger partial charge >= 0.3 is 29.6 Å². The predicted molar refractivity (Wildman–Crippen MR) is 43.2 cm³/mol. The molecule has 0 radical (unpaired) electrons. The van der Waals surface area contributed by atoms with Gasteiger partial charge in [0.05, 0.1) is 0 Å². The van der Waals surface area contributed by atoms with Crippen molar-refractivity contribution in [2.45, 2.75) is 37.4 Å². The van der Waals surface area contributed by atoms with Crippen LogP contribution in [0.25, 0.3) is 0 Å². The Morgan fingerprint density at radius 2 is 1.55 bits per heavy atom. The first-order valence-corrected chi connectivity index (χ1v) is 6.02. The molecule has 0 saturated heterocycles. The third-order valence-electron chi connectivity index (χ3n) is 1.96. The molecule has 1 aliphatic carbocycles. The Bertz CT molecular complexity index is 195. The molecule has 0 aliphatic heterocycles. The molecule has 0 spiro atoms. The van der Waals surface area contributed by atoms with Gasteiger partial charge in [-0.1, -0.05) is 19.3 Å². The molecule has 0 unspecified atom stereocenters. The van der Waals surface area contributed by atoms with Crippen LogP contribution in [0, 0.1) is 0 Å². The Hall–Kier alpha value is 1.30. The van der Waals surface area contributed by atoms with Gasteiger partial charge < -0.3 is 11.7 Å². The minimum Gasteiger partial charge on any atom is -0.649 e. The first kappa shape index (κ1) is 12.3. The first-order chi connectivity index (χ1) is 4.61. The maximum atomic E-state index is 10.8. The zero-order valence-corrected chi connectivity index (χ0v) is 10.4. The monoisotopic (exact) mass is 202 g/mol. The summed E-state index contributed by atoms with van der Waals surface area (Å²) in [4.78, 5) is 0. The summed E-state index contributed by atoms with van der Waals surface area (Å²) in [6.07, 6.45) is 4.79.